The van der Waals surface area contributed by atoms with E-state index in [2.05, 4.69) is 31.9 Å². The lowest BCUT2D eigenvalue weighted by molar-refractivity contribution is 0.218. The topological polar surface area (TPSA) is 20.2 Å². The number of rotatable bonds is 2. The lowest BCUT2D eigenvalue weighted by Gasteiger charge is -2.15. The molecule has 1 unspecified atom stereocenters. The Hall–Kier alpha value is -0.780. The Morgan fingerprint density at radius 3 is 2.11 bits per heavy atom. The van der Waals surface area contributed by atoms with Crippen LogP contribution >= 0.6 is 31.9 Å². The number of aliphatic hydroxyl groups is 1. The standard InChI is InChI=1S/C14H10Br2F2O/c1-7-2-13(16)11(6-12(7)15)14(19)8-3-9(17)5-10(18)4-8/h2-6,14,19H,1H3. The third-order valence-corrected chi connectivity index (χ3v) is 4.31. The fourth-order valence-corrected chi connectivity index (χ4v) is 2.82. The lowest BCUT2D eigenvalue weighted by Crippen LogP contribution is -2.02. The van der Waals surface area contributed by atoms with Crippen molar-refractivity contribution in [2.75, 3.05) is 0 Å². The van der Waals surface area contributed by atoms with Crippen molar-refractivity contribution in [2.45, 2.75) is 13.0 Å². The zero-order valence-corrected chi connectivity index (χ0v) is 13.1. The Kier molecular flexibility index (Phi) is 4.38. The Bertz CT molecular complexity index is 609. The maximum absolute atomic E-state index is 13.2. The molecule has 2 aromatic carbocycles. The predicted molar refractivity (Wildman–Crippen MR) is 77.0 cm³/mol. The second-order valence-corrected chi connectivity index (χ2v) is 5.94. The Morgan fingerprint density at radius 1 is 0.947 bits per heavy atom. The SMILES string of the molecule is Cc1cc(Br)c(C(O)c2cc(F)cc(F)c2)cc1Br. The average Bonchev–Trinajstić information content (AvgIpc) is 2.31. The molecule has 2 aromatic rings. The van der Waals surface area contributed by atoms with Gasteiger partial charge in [-0.2, -0.15) is 0 Å². The van der Waals surface area contributed by atoms with Crippen LogP contribution in [0.5, 0.6) is 0 Å². The second kappa shape index (κ2) is 5.69. The molecule has 0 aliphatic carbocycles. The van der Waals surface area contributed by atoms with Gasteiger partial charge >= 0.3 is 0 Å². The van der Waals surface area contributed by atoms with Crippen LogP contribution in [0.4, 0.5) is 8.78 Å². The van der Waals surface area contributed by atoms with Gasteiger partial charge in [-0.1, -0.05) is 31.9 Å². The molecule has 2 rings (SSSR count). The minimum Gasteiger partial charge on any atom is -0.384 e. The first kappa shape index (κ1) is 14.6. The van der Waals surface area contributed by atoms with Gasteiger partial charge in [0.1, 0.15) is 17.7 Å². The maximum atomic E-state index is 13.2. The Labute approximate surface area is 126 Å². The van der Waals surface area contributed by atoms with Crippen LogP contribution in [0.2, 0.25) is 0 Å². The smallest absolute Gasteiger partial charge is 0.126 e. The van der Waals surface area contributed by atoms with Gasteiger partial charge in [-0.05, 0) is 42.3 Å². The summed E-state index contributed by atoms with van der Waals surface area (Å²) in [6.07, 6.45) is -1.10. The highest BCUT2D eigenvalue weighted by molar-refractivity contribution is 9.11. The third-order valence-electron chi connectivity index (χ3n) is 2.77. The molecule has 1 N–H and O–H groups in total. The minimum absolute atomic E-state index is 0.175. The Balaban J connectivity index is 2.49. The number of halogens is 4. The summed E-state index contributed by atoms with van der Waals surface area (Å²) >= 11 is 6.72. The summed E-state index contributed by atoms with van der Waals surface area (Å²) in [4.78, 5) is 0. The van der Waals surface area contributed by atoms with Crippen molar-refractivity contribution in [2.24, 2.45) is 0 Å². The van der Waals surface area contributed by atoms with Crippen molar-refractivity contribution in [3.63, 3.8) is 0 Å². The van der Waals surface area contributed by atoms with Gasteiger partial charge in [-0.25, -0.2) is 8.78 Å². The zero-order chi connectivity index (χ0) is 14.2. The number of hydrogen-bond donors (Lipinski definition) is 1. The second-order valence-electron chi connectivity index (χ2n) is 4.23. The summed E-state index contributed by atoms with van der Waals surface area (Å²) in [5, 5.41) is 10.3. The van der Waals surface area contributed by atoms with E-state index in [0.717, 1.165) is 28.2 Å². The molecule has 0 spiro atoms. The summed E-state index contributed by atoms with van der Waals surface area (Å²) in [7, 11) is 0. The van der Waals surface area contributed by atoms with Gasteiger partial charge < -0.3 is 5.11 Å². The minimum atomic E-state index is -1.10. The summed E-state index contributed by atoms with van der Waals surface area (Å²) in [5.74, 6) is -1.42. The molecule has 5 heteroatoms. The first-order valence-electron chi connectivity index (χ1n) is 5.48. The molecular weight excluding hydrogens is 382 g/mol. The van der Waals surface area contributed by atoms with Crippen LogP contribution < -0.4 is 0 Å². The average molecular weight is 392 g/mol. The lowest BCUT2D eigenvalue weighted by atomic mass is 10.0. The van der Waals surface area contributed by atoms with Crippen molar-refractivity contribution in [3.8, 4) is 0 Å². The number of benzene rings is 2. The number of hydrogen-bond acceptors (Lipinski definition) is 1. The van der Waals surface area contributed by atoms with Gasteiger partial charge in [0, 0.05) is 20.6 Å². The van der Waals surface area contributed by atoms with Gasteiger partial charge in [0.15, 0.2) is 0 Å². The van der Waals surface area contributed by atoms with Crippen molar-refractivity contribution in [1.82, 2.24) is 0 Å². The van der Waals surface area contributed by atoms with Crippen LogP contribution in [-0.2, 0) is 0 Å². The summed E-state index contributed by atoms with van der Waals surface area (Å²) < 4.78 is 27.9. The first-order chi connectivity index (χ1) is 8.88. The van der Waals surface area contributed by atoms with Gasteiger partial charge in [-0.3, -0.25) is 0 Å². The maximum Gasteiger partial charge on any atom is 0.126 e. The summed E-state index contributed by atoms with van der Waals surface area (Å²) in [6.45, 7) is 1.91. The summed E-state index contributed by atoms with van der Waals surface area (Å²) in [6, 6.07) is 6.57. The number of aliphatic hydroxyl groups excluding tert-OH is 1. The van der Waals surface area contributed by atoms with Crippen LogP contribution in [0.3, 0.4) is 0 Å². The van der Waals surface area contributed by atoms with E-state index in [0.29, 0.717) is 10.0 Å². The van der Waals surface area contributed by atoms with Crippen molar-refractivity contribution >= 4 is 31.9 Å². The number of aryl methyl sites for hydroxylation is 1. The quantitative estimate of drug-likeness (QED) is 0.773. The largest absolute Gasteiger partial charge is 0.384 e. The fourth-order valence-electron chi connectivity index (χ4n) is 1.78. The highest BCUT2D eigenvalue weighted by atomic mass is 79.9. The van der Waals surface area contributed by atoms with E-state index in [-0.39, 0.29) is 5.56 Å². The van der Waals surface area contributed by atoms with Crippen molar-refractivity contribution in [1.29, 1.82) is 0 Å². The molecule has 0 saturated carbocycles. The van der Waals surface area contributed by atoms with Gasteiger partial charge in [-0.15, -0.1) is 0 Å². The van der Waals surface area contributed by atoms with Crippen LogP contribution in [-0.4, -0.2) is 5.11 Å². The molecule has 0 bridgehead atoms. The first-order valence-corrected chi connectivity index (χ1v) is 7.06. The molecule has 0 amide bonds. The van der Waals surface area contributed by atoms with E-state index in [9.17, 15) is 13.9 Å². The van der Waals surface area contributed by atoms with E-state index < -0.39 is 17.7 Å². The molecule has 1 atom stereocenters. The van der Waals surface area contributed by atoms with Crippen LogP contribution in [0.25, 0.3) is 0 Å². The van der Waals surface area contributed by atoms with Gasteiger partial charge in [0.25, 0.3) is 0 Å². The van der Waals surface area contributed by atoms with E-state index in [4.69, 9.17) is 0 Å². The third kappa shape index (κ3) is 3.22. The molecule has 0 saturated heterocycles. The molecule has 0 heterocycles. The van der Waals surface area contributed by atoms with E-state index in [1.165, 1.54) is 0 Å². The molecule has 1 nitrogen and oxygen atoms in total. The molecule has 0 fully saturated rings. The van der Waals surface area contributed by atoms with Gasteiger partial charge in [0.2, 0.25) is 0 Å². The monoisotopic (exact) mass is 390 g/mol. The highest BCUT2D eigenvalue weighted by Gasteiger charge is 2.17. The molecule has 0 aliphatic heterocycles. The predicted octanol–water partition coefficient (Wildman–Crippen LogP) is 4.88. The van der Waals surface area contributed by atoms with Crippen molar-refractivity contribution in [3.05, 3.63) is 67.6 Å². The fraction of sp³-hybridized carbons (Fsp3) is 0.143. The molecule has 0 aromatic heterocycles. The van der Waals surface area contributed by atoms with Crippen LogP contribution in [0.1, 0.15) is 22.8 Å². The molecule has 100 valence electrons. The van der Waals surface area contributed by atoms with Gasteiger partial charge in [0.05, 0.1) is 0 Å². The Morgan fingerprint density at radius 2 is 1.53 bits per heavy atom. The normalized spacial score (nSPS) is 12.5. The zero-order valence-electron chi connectivity index (χ0n) is 9.92. The van der Waals surface area contributed by atoms with Crippen LogP contribution in [0, 0.1) is 18.6 Å². The van der Waals surface area contributed by atoms with E-state index in [1.807, 2.05) is 13.0 Å². The molecule has 0 aliphatic rings. The molecule has 19 heavy (non-hydrogen) atoms. The highest BCUT2D eigenvalue weighted by Crippen LogP contribution is 2.33. The van der Waals surface area contributed by atoms with Crippen molar-refractivity contribution < 1.29 is 13.9 Å². The van der Waals surface area contributed by atoms with E-state index in [1.54, 1.807) is 6.07 Å². The molecule has 0 radical (unpaired) electrons. The summed E-state index contributed by atoms with van der Waals surface area (Å²) in [5.41, 5.74) is 1.71. The molecular formula is C14H10Br2F2O. The van der Waals surface area contributed by atoms with Crippen LogP contribution in [0.15, 0.2) is 39.3 Å². The van der Waals surface area contributed by atoms with E-state index >= 15 is 0 Å².